The van der Waals surface area contributed by atoms with Gasteiger partial charge in [-0.15, -0.1) is 0 Å². The SMILES string of the molecule is CCCCNCc1cccc(N(C)C)c1.Cc1ccccc1. The summed E-state index contributed by atoms with van der Waals surface area (Å²) in [7, 11) is 4.15. The lowest BCUT2D eigenvalue weighted by Gasteiger charge is -2.13. The van der Waals surface area contributed by atoms with E-state index in [4.69, 9.17) is 0 Å². The monoisotopic (exact) mass is 298 g/mol. The number of hydrogen-bond acceptors (Lipinski definition) is 2. The zero-order valence-corrected chi connectivity index (χ0v) is 14.5. The molecule has 0 saturated carbocycles. The molecule has 0 radical (unpaired) electrons. The highest BCUT2D eigenvalue weighted by atomic mass is 15.1. The van der Waals surface area contributed by atoms with Crippen molar-refractivity contribution < 1.29 is 0 Å². The number of rotatable bonds is 6. The topological polar surface area (TPSA) is 15.3 Å². The smallest absolute Gasteiger partial charge is 0.0364 e. The van der Waals surface area contributed by atoms with Gasteiger partial charge in [-0.3, -0.25) is 0 Å². The Balaban J connectivity index is 0.000000287. The number of unbranched alkanes of at least 4 members (excludes halogenated alkanes) is 1. The van der Waals surface area contributed by atoms with Crippen molar-refractivity contribution in [3.8, 4) is 0 Å². The van der Waals surface area contributed by atoms with E-state index in [9.17, 15) is 0 Å². The van der Waals surface area contributed by atoms with Gasteiger partial charge in [0.2, 0.25) is 0 Å². The molecule has 0 heterocycles. The first-order chi connectivity index (χ1) is 10.6. The average molecular weight is 298 g/mol. The fourth-order valence-corrected chi connectivity index (χ4v) is 2.01. The van der Waals surface area contributed by atoms with Crippen molar-refractivity contribution in [3.05, 3.63) is 65.7 Å². The number of nitrogens with zero attached hydrogens (tertiary/aromatic N) is 1. The van der Waals surface area contributed by atoms with Gasteiger partial charge in [0, 0.05) is 26.3 Å². The lowest BCUT2D eigenvalue weighted by Crippen LogP contribution is -2.15. The van der Waals surface area contributed by atoms with Crippen LogP contribution in [-0.4, -0.2) is 20.6 Å². The molecule has 0 aromatic heterocycles. The fraction of sp³-hybridized carbons (Fsp3) is 0.400. The highest BCUT2D eigenvalue weighted by Crippen LogP contribution is 2.12. The van der Waals surface area contributed by atoms with Gasteiger partial charge in [-0.1, -0.05) is 61.4 Å². The Morgan fingerprint density at radius 2 is 1.68 bits per heavy atom. The first-order valence-corrected chi connectivity index (χ1v) is 8.12. The third-order valence-electron chi connectivity index (χ3n) is 3.40. The minimum absolute atomic E-state index is 0.974. The molecule has 2 aromatic carbocycles. The summed E-state index contributed by atoms with van der Waals surface area (Å²) in [5.41, 5.74) is 3.95. The Morgan fingerprint density at radius 1 is 0.955 bits per heavy atom. The van der Waals surface area contributed by atoms with Crippen LogP contribution in [0.4, 0.5) is 5.69 Å². The molecule has 0 fully saturated rings. The molecule has 0 spiro atoms. The molecule has 2 nitrogen and oxygen atoms in total. The van der Waals surface area contributed by atoms with Crippen LogP contribution in [0.15, 0.2) is 54.6 Å². The van der Waals surface area contributed by atoms with Crippen molar-refractivity contribution in [1.29, 1.82) is 0 Å². The number of anilines is 1. The molecule has 0 bridgehead atoms. The Morgan fingerprint density at radius 3 is 2.23 bits per heavy atom. The molecule has 22 heavy (non-hydrogen) atoms. The van der Waals surface area contributed by atoms with Gasteiger partial charge in [0.25, 0.3) is 0 Å². The third kappa shape index (κ3) is 7.84. The molecule has 2 rings (SSSR count). The van der Waals surface area contributed by atoms with E-state index in [0.29, 0.717) is 0 Å². The van der Waals surface area contributed by atoms with Crippen molar-refractivity contribution in [1.82, 2.24) is 5.32 Å². The Bertz CT molecular complexity index is 506. The number of aryl methyl sites for hydroxylation is 1. The zero-order chi connectivity index (χ0) is 16.2. The van der Waals surface area contributed by atoms with Crippen LogP contribution < -0.4 is 10.2 Å². The van der Waals surface area contributed by atoms with Crippen molar-refractivity contribution in [2.45, 2.75) is 33.2 Å². The number of hydrogen-bond donors (Lipinski definition) is 1. The molecular weight excluding hydrogens is 268 g/mol. The molecule has 1 N–H and O–H groups in total. The van der Waals surface area contributed by atoms with Crippen LogP contribution in [0.2, 0.25) is 0 Å². The molecule has 0 aliphatic carbocycles. The van der Waals surface area contributed by atoms with Gasteiger partial charge in [-0.25, -0.2) is 0 Å². The Labute approximate surface area is 136 Å². The Kier molecular flexibility index (Phi) is 9.01. The van der Waals surface area contributed by atoms with Gasteiger partial charge in [0.05, 0.1) is 0 Å². The Hall–Kier alpha value is -1.80. The van der Waals surface area contributed by atoms with Gasteiger partial charge in [0.1, 0.15) is 0 Å². The van der Waals surface area contributed by atoms with Crippen molar-refractivity contribution >= 4 is 5.69 Å². The van der Waals surface area contributed by atoms with E-state index >= 15 is 0 Å². The van der Waals surface area contributed by atoms with E-state index in [2.05, 4.69) is 74.6 Å². The lowest BCUT2D eigenvalue weighted by molar-refractivity contribution is 0.641. The largest absolute Gasteiger partial charge is 0.378 e. The van der Waals surface area contributed by atoms with Crippen LogP contribution in [0.1, 0.15) is 30.9 Å². The number of benzene rings is 2. The van der Waals surface area contributed by atoms with Crippen LogP contribution in [-0.2, 0) is 6.54 Å². The summed E-state index contributed by atoms with van der Waals surface area (Å²) >= 11 is 0. The maximum absolute atomic E-state index is 3.45. The highest BCUT2D eigenvalue weighted by Gasteiger charge is 1.96. The van der Waals surface area contributed by atoms with Crippen LogP contribution >= 0.6 is 0 Å². The summed E-state index contributed by atoms with van der Waals surface area (Å²) in [6.45, 7) is 6.39. The van der Waals surface area contributed by atoms with Gasteiger partial charge < -0.3 is 10.2 Å². The summed E-state index contributed by atoms with van der Waals surface area (Å²) in [6, 6.07) is 18.9. The number of nitrogens with one attached hydrogen (secondary N) is 1. The van der Waals surface area contributed by atoms with Gasteiger partial charge in [-0.2, -0.15) is 0 Å². The predicted molar refractivity (Wildman–Crippen MR) is 98.6 cm³/mol. The highest BCUT2D eigenvalue weighted by molar-refractivity contribution is 5.47. The van der Waals surface area contributed by atoms with E-state index in [0.717, 1.165) is 13.1 Å². The normalized spacial score (nSPS) is 9.82. The minimum Gasteiger partial charge on any atom is -0.378 e. The van der Waals surface area contributed by atoms with Crippen molar-refractivity contribution in [3.63, 3.8) is 0 Å². The first kappa shape index (κ1) is 18.2. The summed E-state index contributed by atoms with van der Waals surface area (Å²) in [4.78, 5) is 2.13. The minimum atomic E-state index is 0.974. The third-order valence-corrected chi connectivity index (χ3v) is 3.40. The predicted octanol–water partition coefficient (Wildman–Crippen LogP) is 4.64. The fourth-order valence-electron chi connectivity index (χ4n) is 2.01. The molecule has 2 aromatic rings. The molecule has 0 aliphatic heterocycles. The van der Waals surface area contributed by atoms with Gasteiger partial charge in [0.15, 0.2) is 0 Å². The van der Waals surface area contributed by atoms with Gasteiger partial charge in [-0.05, 0) is 37.6 Å². The van der Waals surface area contributed by atoms with Crippen LogP contribution in [0, 0.1) is 6.92 Å². The summed E-state index contributed by atoms with van der Waals surface area (Å²) in [5.74, 6) is 0. The molecule has 0 atom stereocenters. The lowest BCUT2D eigenvalue weighted by atomic mass is 10.2. The van der Waals surface area contributed by atoms with Crippen molar-refractivity contribution in [2.24, 2.45) is 0 Å². The molecular formula is C20H30N2. The molecule has 0 amide bonds. The maximum Gasteiger partial charge on any atom is 0.0364 e. The molecule has 0 aliphatic rings. The average Bonchev–Trinajstić information content (AvgIpc) is 2.53. The quantitative estimate of drug-likeness (QED) is 0.782. The van der Waals surface area contributed by atoms with E-state index in [1.807, 2.05) is 18.2 Å². The van der Waals surface area contributed by atoms with E-state index in [-0.39, 0.29) is 0 Å². The summed E-state index contributed by atoms with van der Waals surface area (Å²) < 4.78 is 0. The second kappa shape index (κ2) is 10.9. The van der Waals surface area contributed by atoms with Gasteiger partial charge >= 0.3 is 0 Å². The van der Waals surface area contributed by atoms with E-state index < -0.39 is 0 Å². The zero-order valence-electron chi connectivity index (χ0n) is 14.5. The van der Waals surface area contributed by atoms with Crippen LogP contribution in [0.3, 0.4) is 0 Å². The van der Waals surface area contributed by atoms with Crippen LogP contribution in [0.25, 0.3) is 0 Å². The molecule has 0 saturated heterocycles. The standard InChI is InChI=1S/C13H22N2.C7H8/c1-4-5-9-14-11-12-7-6-8-13(10-12)15(2)3;1-7-5-3-2-4-6-7/h6-8,10,14H,4-5,9,11H2,1-3H3;2-6H,1H3. The summed E-state index contributed by atoms with van der Waals surface area (Å²) in [6.07, 6.45) is 2.51. The first-order valence-electron chi connectivity index (χ1n) is 8.12. The van der Waals surface area contributed by atoms with E-state index in [1.165, 1.54) is 29.7 Å². The molecule has 2 heteroatoms. The molecule has 120 valence electrons. The maximum atomic E-state index is 3.45. The second-order valence-corrected chi connectivity index (χ2v) is 5.75. The second-order valence-electron chi connectivity index (χ2n) is 5.75. The van der Waals surface area contributed by atoms with Crippen LogP contribution in [0.5, 0.6) is 0 Å². The van der Waals surface area contributed by atoms with Crippen molar-refractivity contribution in [2.75, 3.05) is 25.5 Å². The summed E-state index contributed by atoms with van der Waals surface area (Å²) in [5, 5.41) is 3.45. The van der Waals surface area contributed by atoms with E-state index in [1.54, 1.807) is 0 Å². The molecule has 0 unspecified atom stereocenters.